The van der Waals surface area contributed by atoms with E-state index in [1.54, 1.807) is 4.68 Å². The highest BCUT2D eigenvalue weighted by atomic mass is 16.2. The van der Waals surface area contributed by atoms with Crippen LogP contribution in [0.25, 0.3) is 0 Å². The number of hydrogen-bond donors (Lipinski definition) is 0. The van der Waals surface area contributed by atoms with Gasteiger partial charge in [-0.1, -0.05) is 0 Å². The van der Waals surface area contributed by atoms with Crippen LogP contribution in [-0.4, -0.2) is 36.9 Å². The molecule has 6 nitrogen and oxygen atoms in total. The molecule has 0 aliphatic carbocycles. The third-order valence-electron chi connectivity index (χ3n) is 4.61. The van der Waals surface area contributed by atoms with Crippen molar-refractivity contribution in [1.29, 1.82) is 0 Å². The van der Waals surface area contributed by atoms with E-state index in [2.05, 4.69) is 23.2 Å². The van der Waals surface area contributed by atoms with Crippen molar-refractivity contribution in [1.82, 2.24) is 24.5 Å². The molecule has 1 aliphatic heterocycles. The number of rotatable bonds is 4. The summed E-state index contributed by atoms with van der Waals surface area (Å²) < 4.78 is 3.76. The van der Waals surface area contributed by atoms with Crippen molar-refractivity contribution in [2.24, 2.45) is 7.05 Å². The molecular formula is C17H25N5O. The van der Waals surface area contributed by atoms with E-state index in [1.165, 1.54) is 0 Å². The van der Waals surface area contributed by atoms with Crippen LogP contribution in [0.2, 0.25) is 0 Å². The van der Waals surface area contributed by atoms with Gasteiger partial charge in [-0.3, -0.25) is 14.2 Å². The van der Waals surface area contributed by atoms with Crippen LogP contribution in [0.4, 0.5) is 0 Å². The summed E-state index contributed by atoms with van der Waals surface area (Å²) in [6, 6.07) is 2.30. The van der Waals surface area contributed by atoms with Crippen molar-refractivity contribution in [2.75, 3.05) is 6.54 Å². The fourth-order valence-corrected chi connectivity index (χ4v) is 3.57. The van der Waals surface area contributed by atoms with E-state index >= 15 is 0 Å². The number of hydrogen-bond acceptors (Lipinski definition) is 3. The van der Waals surface area contributed by atoms with Gasteiger partial charge in [-0.2, -0.15) is 10.2 Å². The molecule has 0 saturated carbocycles. The highest BCUT2D eigenvalue weighted by Gasteiger charge is 2.31. The summed E-state index contributed by atoms with van der Waals surface area (Å²) in [4.78, 5) is 14.8. The molecule has 2 atom stereocenters. The molecule has 0 unspecified atom stereocenters. The Bertz CT molecular complexity index is 702. The van der Waals surface area contributed by atoms with E-state index in [0.717, 1.165) is 36.3 Å². The highest BCUT2D eigenvalue weighted by molar-refractivity contribution is 5.77. The molecule has 1 saturated heterocycles. The molecule has 124 valence electrons. The third-order valence-corrected chi connectivity index (χ3v) is 4.61. The first-order valence-corrected chi connectivity index (χ1v) is 8.26. The second-order valence-corrected chi connectivity index (χ2v) is 6.62. The Labute approximate surface area is 137 Å². The zero-order valence-electron chi connectivity index (χ0n) is 14.4. The van der Waals surface area contributed by atoms with Crippen molar-refractivity contribution < 1.29 is 4.79 Å². The summed E-state index contributed by atoms with van der Waals surface area (Å²) in [5.41, 5.74) is 3.24. The second-order valence-electron chi connectivity index (χ2n) is 6.62. The summed E-state index contributed by atoms with van der Waals surface area (Å²) in [6.07, 6.45) is 6.45. The van der Waals surface area contributed by atoms with E-state index in [9.17, 15) is 4.79 Å². The molecule has 0 bridgehead atoms. The SMILES string of the molecule is Cc1cc(C)n([C@@H](C)CC(=O)N2CCC[C@H]2c2cnn(C)c2)n1. The summed E-state index contributed by atoms with van der Waals surface area (Å²) in [6.45, 7) is 6.92. The summed E-state index contributed by atoms with van der Waals surface area (Å²) in [7, 11) is 1.91. The van der Waals surface area contributed by atoms with Gasteiger partial charge in [-0.25, -0.2) is 0 Å². The largest absolute Gasteiger partial charge is 0.335 e. The average molecular weight is 315 g/mol. The number of nitrogens with zero attached hydrogens (tertiary/aromatic N) is 5. The Morgan fingerprint density at radius 2 is 2.22 bits per heavy atom. The first-order valence-electron chi connectivity index (χ1n) is 8.26. The first kappa shape index (κ1) is 15.8. The Morgan fingerprint density at radius 3 is 2.83 bits per heavy atom. The monoisotopic (exact) mass is 315 g/mol. The molecule has 0 N–H and O–H groups in total. The van der Waals surface area contributed by atoms with Crippen molar-refractivity contribution in [3.05, 3.63) is 35.4 Å². The molecule has 0 aromatic carbocycles. The van der Waals surface area contributed by atoms with Crippen molar-refractivity contribution in [3.8, 4) is 0 Å². The minimum atomic E-state index is 0.0753. The molecule has 0 radical (unpaired) electrons. The maximum atomic E-state index is 12.8. The van der Waals surface area contributed by atoms with Crippen molar-refractivity contribution in [2.45, 2.75) is 52.1 Å². The molecule has 2 aromatic heterocycles. The van der Waals surface area contributed by atoms with E-state index in [4.69, 9.17) is 0 Å². The number of carbonyl (C=O) groups is 1. The normalized spacial score (nSPS) is 19.3. The van der Waals surface area contributed by atoms with Gasteiger partial charge in [-0.15, -0.1) is 0 Å². The molecule has 23 heavy (non-hydrogen) atoms. The molecule has 1 fully saturated rings. The van der Waals surface area contributed by atoms with Gasteiger partial charge in [-0.05, 0) is 39.7 Å². The Kier molecular flexibility index (Phi) is 4.24. The maximum Gasteiger partial charge on any atom is 0.225 e. The van der Waals surface area contributed by atoms with Crippen molar-refractivity contribution >= 4 is 5.91 Å². The topological polar surface area (TPSA) is 56.0 Å². The van der Waals surface area contributed by atoms with E-state index in [0.29, 0.717) is 6.42 Å². The number of aromatic nitrogens is 4. The fourth-order valence-electron chi connectivity index (χ4n) is 3.57. The predicted molar refractivity (Wildman–Crippen MR) is 87.9 cm³/mol. The van der Waals surface area contributed by atoms with Crippen molar-refractivity contribution in [3.63, 3.8) is 0 Å². The van der Waals surface area contributed by atoms with E-state index < -0.39 is 0 Å². The molecule has 3 rings (SSSR count). The van der Waals surface area contributed by atoms with Gasteiger partial charge in [0.1, 0.15) is 0 Å². The average Bonchev–Trinajstić information content (AvgIpc) is 3.18. The maximum absolute atomic E-state index is 12.8. The quantitative estimate of drug-likeness (QED) is 0.871. The summed E-state index contributed by atoms with van der Waals surface area (Å²) in [5.74, 6) is 0.205. The lowest BCUT2D eigenvalue weighted by Gasteiger charge is -2.25. The standard InChI is InChI=1S/C17H25N5O/c1-12-8-13(2)22(19-12)14(3)9-17(23)21-7-5-6-16(21)15-10-18-20(4)11-15/h8,10-11,14,16H,5-7,9H2,1-4H3/t14-,16-/m0/s1. The lowest BCUT2D eigenvalue weighted by molar-refractivity contribution is -0.133. The molecule has 2 aromatic rings. The fraction of sp³-hybridized carbons (Fsp3) is 0.588. The molecule has 1 amide bonds. The van der Waals surface area contributed by atoms with Gasteiger partial charge in [0.2, 0.25) is 5.91 Å². The summed E-state index contributed by atoms with van der Waals surface area (Å²) >= 11 is 0. The minimum Gasteiger partial charge on any atom is -0.335 e. The van der Waals surface area contributed by atoms with Crippen LogP contribution in [0.5, 0.6) is 0 Å². The third kappa shape index (κ3) is 3.16. The summed E-state index contributed by atoms with van der Waals surface area (Å²) in [5, 5.41) is 8.75. The van der Waals surface area contributed by atoms with E-state index in [1.807, 2.05) is 42.9 Å². The van der Waals surface area contributed by atoms with Crippen LogP contribution in [-0.2, 0) is 11.8 Å². The van der Waals surface area contributed by atoms with Crippen LogP contribution in [0.3, 0.4) is 0 Å². The lowest BCUT2D eigenvalue weighted by Crippen LogP contribution is -2.32. The van der Waals surface area contributed by atoms with Gasteiger partial charge in [0.25, 0.3) is 0 Å². The highest BCUT2D eigenvalue weighted by Crippen LogP contribution is 2.32. The zero-order chi connectivity index (χ0) is 16.6. The Balaban J connectivity index is 1.71. The number of amides is 1. The van der Waals surface area contributed by atoms with Crippen LogP contribution < -0.4 is 0 Å². The smallest absolute Gasteiger partial charge is 0.225 e. The zero-order valence-corrected chi connectivity index (χ0v) is 14.4. The van der Waals surface area contributed by atoms with Gasteiger partial charge in [0, 0.05) is 37.5 Å². The van der Waals surface area contributed by atoms with Crippen LogP contribution in [0.1, 0.15) is 55.2 Å². The van der Waals surface area contributed by atoms with Crippen LogP contribution >= 0.6 is 0 Å². The van der Waals surface area contributed by atoms with E-state index in [-0.39, 0.29) is 18.0 Å². The van der Waals surface area contributed by atoms with Crippen LogP contribution in [0.15, 0.2) is 18.5 Å². The Hall–Kier alpha value is -2.11. The second kappa shape index (κ2) is 6.18. The molecule has 3 heterocycles. The van der Waals surface area contributed by atoms with Gasteiger partial charge < -0.3 is 4.90 Å². The van der Waals surface area contributed by atoms with Crippen LogP contribution in [0, 0.1) is 13.8 Å². The molecule has 0 spiro atoms. The van der Waals surface area contributed by atoms with Gasteiger partial charge >= 0.3 is 0 Å². The molecule has 6 heteroatoms. The number of carbonyl (C=O) groups excluding carboxylic acids is 1. The van der Waals surface area contributed by atoms with Gasteiger partial charge in [0.05, 0.1) is 24.0 Å². The molecular weight excluding hydrogens is 290 g/mol. The minimum absolute atomic E-state index is 0.0753. The van der Waals surface area contributed by atoms with Gasteiger partial charge in [0.15, 0.2) is 0 Å². The molecule has 1 aliphatic rings. The predicted octanol–water partition coefficient (Wildman–Crippen LogP) is 2.55. The number of likely N-dealkylation sites (tertiary alicyclic amines) is 1. The number of aryl methyl sites for hydroxylation is 3. The Morgan fingerprint density at radius 1 is 1.43 bits per heavy atom. The first-order chi connectivity index (χ1) is 11.0. The lowest BCUT2D eigenvalue weighted by atomic mass is 10.1.